The molecule has 0 radical (unpaired) electrons. The molecule has 178 valence electrons. The van der Waals surface area contributed by atoms with E-state index in [2.05, 4.69) is 34.5 Å². The van der Waals surface area contributed by atoms with E-state index in [9.17, 15) is 4.79 Å². The van der Waals surface area contributed by atoms with Crippen molar-refractivity contribution in [2.45, 2.75) is 31.8 Å². The summed E-state index contributed by atoms with van der Waals surface area (Å²) in [4.78, 5) is 15.2. The maximum Gasteiger partial charge on any atom is 0.253 e. The molecule has 3 aromatic rings. The van der Waals surface area contributed by atoms with Gasteiger partial charge in [-0.2, -0.15) is 0 Å². The summed E-state index contributed by atoms with van der Waals surface area (Å²) in [7, 11) is 1.77. The standard InChI is InChI=1S/C28H32ClN3O2/c1-34-19-25-3-2-16-32(25)18-21-6-4-20(5-7-21)14-15-31-28(33)26-13-10-23(17-27(26)30)22-8-11-24(29)12-9-22/h4-13,17,25H,2-3,14-16,18-19,30H2,1H3,(H,31,33). The first-order valence-electron chi connectivity index (χ1n) is 11.8. The normalized spacial score (nSPS) is 16.0. The molecule has 1 aliphatic heterocycles. The Morgan fingerprint density at radius 3 is 2.47 bits per heavy atom. The number of rotatable bonds is 9. The second kappa shape index (κ2) is 11.5. The van der Waals surface area contributed by atoms with Crippen LogP contribution in [0, 0.1) is 0 Å². The van der Waals surface area contributed by atoms with Gasteiger partial charge in [0, 0.05) is 37.0 Å². The SMILES string of the molecule is COCC1CCCN1Cc1ccc(CCNC(=O)c2ccc(-c3ccc(Cl)cc3)cc2N)cc1. The number of amides is 1. The van der Waals surface area contributed by atoms with Gasteiger partial charge in [-0.05, 0) is 72.3 Å². The Balaban J connectivity index is 1.28. The Morgan fingerprint density at radius 1 is 1.06 bits per heavy atom. The van der Waals surface area contributed by atoms with E-state index in [1.165, 1.54) is 24.0 Å². The number of hydrogen-bond acceptors (Lipinski definition) is 4. The van der Waals surface area contributed by atoms with Gasteiger partial charge in [0.1, 0.15) is 0 Å². The predicted molar refractivity (Wildman–Crippen MR) is 139 cm³/mol. The van der Waals surface area contributed by atoms with Gasteiger partial charge in [-0.15, -0.1) is 0 Å². The predicted octanol–water partition coefficient (Wildman–Crippen LogP) is 5.17. The Bertz CT molecular complexity index is 1100. The minimum Gasteiger partial charge on any atom is -0.398 e. The van der Waals surface area contributed by atoms with E-state index in [0.717, 1.165) is 37.2 Å². The summed E-state index contributed by atoms with van der Waals surface area (Å²) in [6.07, 6.45) is 3.21. The van der Waals surface area contributed by atoms with E-state index in [0.29, 0.717) is 28.9 Å². The van der Waals surface area contributed by atoms with Gasteiger partial charge in [0.2, 0.25) is 0 Å². The molecule has 1 aliphatic rings. The van der Waals surface area contributed by atoms with Gasteiger partial charge in [-0.3, -0.25) is 9.69 Å². The summed E-state index contributed by atoms with van der Waals surface area (Å²) < 4.78 is 5.36. The lowest BCUT2D eigenvalue weighted by Crippen LogP contribution is -2.32. The highest BCUT2D eigenvalue weighted by Gasteiger charge is 2.24. The van der Waals surface area contributed by atoms with Gasteiger partial charge in [0.25, 0.3) is 5.91 Å². The van der Waals surface area contributed by atoms with Crippen molar-refractivity contribution in [3.8, 4) is 11.1 Å². The molecule has 1 unspecified atom stereocenters. The third-order valence-corrected chi connectivity index (χ3v) is 6.69. The second-order valence-electron chi connectivity index (χ2n) is 8.85. The summed E-state index contributed by atoms with van der Waals surface area (Å²) in [6.45, 7) is 3.44. The molecule has 1 atom stereocenters. The van der Waals surface area contributed by atoms with Gasteiger partial charge >= 0.3 is 0 Å². The van der Waals surface area contributed by atoms with Crippen molar-refractivity contribution in [1.82, 2.24) is 10.2 Å². The fourth-order valence-corrected chi connectivity index (χ4v) is 4.66. The maximum atomic E-state index is 12.7. The number of halogens is 1. The zero-order valence-corrected chi connectivity index (χ0v) is 20.4. The van der Waals surface area contributed by atoms with E-state index in [-0.39, 0.29) is 5.91 Å². The first kappa shape index (κ1) is 24.3. The Labute approximate surface area is 206 Å². The molecule has 34 heavy (non-hydrogen) atoms. The van der Waals surface area contributed by atoms with Gasteiger partial charge in [-0.25, -0.2) is 0 Å². The number of nitrogens with two attached hydrogens (primary N) is 1. The van der Waals surface area contributed by atoms with Crippen LogP contribution in [0.25, 0.3) is 11.1 Å². The smallest absolute Gasteiger partial charge is 0.253 e. The van der Waals surface area contributed by atoms with Crippen LogP contribution in [0.15, 0.2) is 66.7 Å². The quantitative estimate of drug-likeness (QED) is 0.417. The summed E-state index contributed by atoms with van der Waals surface area (Å²) in [5.41, 5.74) is 11.6. The third kappa shape index (κ3) is 6.17. The van der Waals surface area contributed by atoms with Crippen LogP contribution in [-0.4, -0.2) is 43.7 Å². The first-order valence-corrected chi connectivity index (χ1v) is 12.2. The number of likely N-dealkylation sites (tertiary alicyclic amines) is 1. The number of methoxy groups -OCH3 is 1. The number of hydrogen-bond donors (Lipinski definition) is 2. The number of ether oxygens (including phenoxy) is 1. The molecule has 4 rings (SSSR count). The molecule has 1 heterocycles. The van der Waals surface area contributed by atoms with E-state index in [4.69, 9.17) is 22.1 Å². The number of nitrogens with one attached hydrogen (secondary N) is 1. The molecule has 0 spiro atoms. The molecule has 1 amide bonds. The van der Waals surface area contributed by atoms with E-state index in [1.54, 1.807) is 13.2 Å². The monoisotopic (exact) mass is 477 g/mol. The highest BCUT2D eigenvalue weighted by Crippen LogP contribution is 2.25. The van der Waals surface area contributed by atoms with Crippen molar-refractivity contribution in [1.29, 1.82) is 0 Å². The Hall–Kier alpha value is -2.86. The lowest BCUT2D eigenvalue weighted by Gasteiger charge is -2.23. The Morgan fingerprint density at radius 2 is 1.76 bits per heavy atom. The molecule has 5 nitrogen and oxygen atoms in total. The van der Waals surface area contributed by atoms with E-state index < -0.39 is 0 Å². The minimum atomic E-state index is -0.157. The fraction of sp³-hybridized carbons (Fsp3) is 0.321. The minimum absolute atomic E-state index is 0.157. The van der Waals surface area contributed by atoms with Gasteiger partial charge in [-0.1, -0.05) is 54.1 Å². The number of carbonyl (C=O) groups excluding carboxylic acids is 1. The molecule has 1 saturated heterocycles. The molecule has 1 fully saturated rings. The molecule has 0 bridgehead atoms. The van der Waals surface area contributed by atoms with E-state index >= 15 is 0 Å². The molecule has 3 aromatic carbocycles. The highest BCUT2D eigenvalue weighted by molar-refractivity contribution is 6.30. The Kier molecular flexibility index (Phi) is 8.22. The van der Waals surface area contributed by atoms with Crippen molar-refractivity contribution in [2.75, 3.05) is 32.5 Å². The number of benzene rings is 3. The molecular weight excluding hydrogens is 446 g/mol. The van der Waals surface area contributed by atoms with Crippen LogP contribution in [0.3, 0.4) is 0 Å². The van der Waals surface area contributed by atoms with Crippen LogP contribution in [0.1, 0.15) is 34.3 Å². The largest absolute Gasteiger partial charge is 0.398 e. The maximum absolute atomic E-state index is 12.7. The van der Waals surface area contributed by atoms with Gasteiger partial charge < -0.3 is 15.8 Å². The lowest BCUT2D eigenvalue weighted by molar-refractivity contribution is 0.0955. The van der Waals surface area contributed by atoms with Crippen molar-refractivity contribution in [2.24, 2.45) is 0 Å². The van der Waals surface area contributed by atoms with Crippen molar-refractivity contribution in [3.63, 3.8) is 0 Å². The summed E-state index contributed by atoms with van der Waals surface area (Å²) >= 11 is 5.96. The molecule has 3 N–H and O–H groups in total. The summed E-state index contributed by atoms with van der Waals surface area (Å²) in [5, 5.41) is 3.67. The molecular formula is C28H32ClN3O2. The van der Waals surface area contributed by atoms with Crippen LogP contribution in [0.2, 0.25) is 5.02 Å². The van der Waals surface area contributed by atoms with Gasteiger partial charge in [0.15, 0.2) is 0 Å². The van der Waals surface area contributed by atoms with Crippen molar-refractivity contribution >= 4 is 23.2 Å². The van der Waals surface area contributed by atoms with Crippen molar-refractivity contribution < 1.29 is 9.53 Å². The zero-order chi connectivity index (χ0) is 23.9. The molecule has 0 aromatic heterocycles. The molecule has 0 saturated carbocycles. The number of nitrogens with zero attached hydrogens (tertiary/aromatic N) is 1. The number of carbonyl (C=O) groups is 1. The average molecular weight is 478 g/mol. The third-order valence-electron chi connectivity index (χ3n) is 6.44. The molecule has 6 heteroatoms. The van der Waals surface area contributed by atoms with E-state index in [1.807, 2.05) is 36.4 Å². The van der Waals surface area contributed by atoms with Gasteiger partial charge in [0.05, 0.1) is 12.2 Å². The summed E-state index contributed by atoms with van der Waals surface area (Å²) in [6, 6.07) is 22.3. The number of anilines is 1. The zero-order valence-electron chi connectivity index (χ0n) is 19.6. The van der Waals surface area contributed by atoms with Crippen LogP contribution >= 0.6 is 11.6 Å². The second-order valence-corrected chi connectivity index (χ2v) is 9.29. The number of nitrogen functional groups attached to an aromatic ring is 1. The fourth-order valence-electron chi connectivity index (χ4n) is 4.54. The lowest BCUT2D eigenvalue weighted by atomic mass is 10.0. The summed E-state index contributed by atoms with van der Waals surface area (Å²) in [5.74, 6) is -0.157. The van der Waals surface area contributed by atoms with Crippen molar-refractivity contribution in [3.05, 3.63) is 88.4 Å². The highest BCUT2D eigenvalue weighted by atomic mass is 35.5. The van der Waals surface area contributed by atoms with Crippen LogP contribution in [-0.2, 0) is 17.7 Å². The average Bonchev–Trinajstić information content (AvgIpc) is 3.27. The van der Waals surface area contributed by atoms with Crippen LogP contribution in [0.4, 0.5) is 5.69 Å². The topological polar surface area (TPSA) is 67.6 Å². The van der Waals surface area contributed by atoms with Crippen LogP contribution in [0.5, 0.6) is 0 Å². The van der Waals surface area contributed by atoms with Crippen LogP contribution < -0.4 is 11.1 Å². The molecule has 0 aliphatic carbocycles. The first-order chi connectivity index (χ1) is 16.5.